The first-order valence-electron chi connectivity index (χ1n) is 8.87. The van der Waals surface area contributed by atoms with Crippen molar-refractivity contribution in [1.82, 2.24) is 15.2 Å². The van der Waals surface area contributed by atoms with E-state index >= 15 is 0 Å². The monoisotopic (exact) mass is 347 g/mol. The average molecular weight is 347 g/mol. The quantitative estimate of drug-likeness (QED) is 0.745. The minimum absolute atomic E-state index is 0.0696. The second-order valence-corrected chi connectivity index (χ2v) is 6.67. The number of nitrogens with one attached hydrogen (secondary N) is 2. The zero-order chi connectivity index (χ0) is 18.1. The van der Waals surface area contributed by atoms with Crippen LogP contribution in [-0.2, 0) is 17.8 Å². The molecule has 2 heterocycles. The highest BCUT2D eigenvalue weighted by atomic mass is 16.2. The Kier molecular flexibility index (Phi) is 4.21. The fourth-order valence-corrected chi connectivity index (χ4v) is 3.54. The van der Waals surface area contributed by atoms with Crippen LogP contribution in [0.25, 0.3) is 10.9 Å². The van der Waals surface area contributed by atoms with Gasteiger partial charge in [-0.15, -0.1) is 0 Å². The number of carbonyl (C=O) groups excluding carboxylic acids is 2. The Morgan fingerprint density at radius 1 is 1.19 bits per heavy atom. The summed E-state index contributed by atoms with van der Waals surface area (Å²) >= 11 is 0. The van der Waals surface area contributed by atoms with Crippen LogP contribution in [0.3, 0.4) is 0 Å². The Labute approximate surface area is 152 Å². The molecule has 0 bridgehead atoms. The van der Waals surface area contributed by atoms with Gasteiger partial charge in [0.25, 0.3) is 5.91 Å². The van der Waals surface area contributed by atoms with E-state index in [4.69, 9.17) is 0 Å². The van der Waals surface area contributed by atoms with Gasteiger partial charge < -0.3 is 15.2 Å². The van der Waals surface area contributed by atoms with Gasteiger partial charge in [0.05, 0.1) is 0 Å². The van der Waals surface area contributed by atoms with E-state index in [1.165, 1.54) is 10.9 Å². The number of aromatic amines is 1. The summed E-state index contributed by atoms with van der Waals surface area (Å²) in [6, 6.07) is 15.2. The number of amides is 2. The van der Waals surface area contributed by atoms with Crippen molar-refractivity contribution in [2.24, 2.45) is 0 Å². The van der Waals surface area contributed by atoms with E-state index in [1.807, 2.05) is 48.7 Å². The van der Waals surface area contributed by atoms with Crippen LogP contribution in [0.1, 0.15) is 28.4 Å². The molecule has 5 heteroatoms. The van der Waals surface area contributed by atoms with E-state index in [1.54, 1.807) is 11.8 Å². The molecule has 4 rings (SSSR count). The van der Waals surface area contributed by atoms with Gasteiger partial charge in [0.2, 0.25) is 5.91 Å². The minimum Gasteiger partial charge on any atom is -0.361 e. The molecule has 132 valence electrons. The lowest BCUT2D eigenvalue weighted by Gasteiger charge is -2.23. The third-order valence-corrected chi connectivity index (χ3v) is 5.06. The number of hydrogen-bond donors (Lipinski definition) is 2. The Bertz CT molecular complexity index is 976. The Morgan fingerprint density at radius 2 is 1.96 bits per heavy atom. The largest absolute Gasteiger partial charge is 0.361 e. The average Bonchev–Trinajstić information content (AvgIpc) is 3.23. The fraction of sp³-hybridized carbons (Fsp3) is 0.238. The topological polar surface area (TPSA) is 65.2 Å². The standard InChI is InChI=1S/C21H21N3O2/c1-14(24-13-16-6-2-3-8-18(16)21(24)26)20(25)22-11-10-15-12-23-19-9-5-4-7-17(15)19/h2-9,12,14,23H,10-11,13H2,1H3,(H,22,25)/t14-/m0/s1. The van der Waals surface area contributed by atoms with E-state index < -0.39 is 6.04 Å². The van der Waals surface area contributed by atoms with Crippen LogP contribution in [0.15, 0.2) is 54.7 Å². The maximum atomic E-state index is 12.5. The summed E-state index contributed by atoms with van der Waals surface area (Å²) < 4.78 is 0. The maximum Gasteiger partial charge on any atom is 0.255 e. The number of benzene rings is 2. The van der Waals surface area contributed by atoms with E-state index in [0.717, 1.165) is 17.5 Å². The molecule has 3 aromatic rings. The van der Waals surface area contributed by atoms with Gasteiger partial charge in [-0.3, -0.25) is 9.59 Å². The van der Waals surface area contributed by atoms with Crippen LogP contribution >= 0.6 is 0 Å². The van der Waals surface area contributed by atoms with Crippen molar-refractivity contribution in [3.8, 4) is 0 Å². The molecule has 5 nitrogen and oxygen atoms in total. The van der Waals surface area contributed by atoms with Gasteiger partial charge in [-0.25, -0.2) is 0 Å². The zero-order valence-corrected chi connectivity index (χ0v) is 14.7. The number of carbonyl (C=O) groups is 2. The molecule has 0 aliphatic carbocycles. The summed E-state index contributed by atoms with van der Waals surface area (Å²) in [5.74, 6) is -0.189. The van der Waals surface area contributed by atoms with E-state index in [9.17, 15) is 9.59 Å². The van der Waals surface area contributed by atoms with Crippen molar-refractivity contribution < 1.29 is 9.59 Å². The highest BCUT2D eigenvalue weighted by molar-refractivity contribution is 6.01. The second kappa shape index (κ2) is 6.67. The molecule has 2 aromatic carbocycles. The highest BCUT2D eigenvalue weighted by Gasteiger charge is 2.33. The first-order chi connectivity index (χ1) is 12.6. The van der Waals surface area contributed by atoms with Gasteiger partial charge in [0, 0.05) is 35.8 Å². The summed E-state index contributed by atoms with van der Waals surface area (Å²) in [6.45, 7) is 2.82. The molecule has 1 aliphatic heterocycles. The first kappa shape index (κ1) is 16.4. The van der Waals surface area contributed by atoms with Gasteiger partial charge in [-0.1, -0.05) is 36.4 Å². The first-order valence-corrected chi connectivity index (χ1v) is 8.87. The smallest absolute Gasteiger partial charge is 0.255 e. The van der Waals surface area contributed by atoms with Crippen molar-refractivity contribution in [2.75, 3.05) is 6.54 Å². The van der Waals surface area contributed by atoms with Crippen LogP contribution < -0.4 is 5.32 Å². The van der Waals surface area contributed by atoms with E-state index in [0.29, 0.717) is 18.7 Å². The summed E-state index contributed by atoms with van der Waals surface area (Å²) in [4.78, 5) is 29.9. The normalized spacial score (nSPS) is 14.5. The molecule has 0 saturated carbocycles. The molecule has 1 aliphatic rings. The number of nitrogens with zero attached hydrogens (tertiary/aromatic N) is 1. The predicted octanol–water partition coefficient (Wildman–Crippen LogP) is 2.87. The summed E-state index contributed by atoms with van der Waals surface area (Å²) in [5, 5.41) is 4.14. The third kappa shape index (κ3) is 2.86. The molecule has 1 aromatic heterocycles. The van der Waals surface area contributed by atoms with Crippen molar-refractivity contribution >= 4 is 22.7 Å². The summed E-state index contributed by atoms with van der Waals surface area (Å²) in [6.07, 6.45) is 2.73. The molecule has 2 N–H and O–H groups in total. The number of aromatic nitrogens is 1. The number of fused-ring (bicyclic) bond motifs is 2. The molecule has 0 spiro atoms. The van der Waals surface area contributed by atoms with E-state index in [-0.39, 0.29) is 11.8 Å². The fourth-order valence-electron chi connectivity index (χ4n) is 3.54. The lowest BCUT2D eigenvalue weighted by atomic mass is 10.1. The summed E-state index contributed by atoms with van der Waals surface area (Å²) in [5.41, 5.74) is 3.96. The molecule has 0 unspecified atom stereocenters. The van der Waals surface area contributed by atoms with Gasteiger partial charge in [-0.05, 0) is 36.6 Å². The number of rotatable bonds is 5. The van der Waals surface area contributed by atoms with Gasteiger partial charge in [0.15, 0.2) is 0 Å². The molecular weight excluding hydrogens is 326 g/mol. The number of hydrogen-bond acceptors (Lipinski definition) is 2. The molecule has 0 radical (unpaired) electrons. The van der Waals surface area contributed by atoms with Crippen LogP contribution in [-0.4, -0.2) is 34.3 Å². The highest BCUT2D eigenvalue weighted by Crippen LogP contribution is 2.24. The van der Waals surface area contributed by atoms with E-state index in [2.05, 4.69) is 16.4 Å². The van der Waals surface area contributed by atoms with Gasteiger partial charge in [-0.2, -0.15) is 0 Å². The van der Waals surface area contributed by atoms with Crippen molar-refractivity contribution in [1.29, 1.82) is 0 Å². The third-order valence-electron chi connectivity index (χ3n) is 5.06. The van der Waals surface area contributed by atoms with Crippen LogP contribution in [0.2, 0.25) is 0 Å². The number of para-hydroxylation sites is 1. The SMILES string of the molecule is C[C@@H](C(=O)NCCc1c[nH]c2ccccc12)N1Cc2ccccc2C1=O. The lowest BCUT2D eigenvalue weighted by Crippen LogP contribution is -2.45. The Morgan fingerprint density at radius 3 is 2.81 bits per heavy atom. The summed E-state index contributed by atoms with van der Waals surface area (Å²) in [7, 11) is 0. The van der Waals surface area contributed by atoms with Crippen LogP contribution in [0, 0.1) is 0 Å². The van der Waals surface area contributed by atoms with Crippen LogP contribution in [0.4, 0.5) is 0 Å². The van der Waals surface area contributed by atoms with Crippen molar-refractivity contribution in [3.05, 3.63) is 71.4 Å². The molecular formula is C21H21N3O2. The van der Waals surface area contributed by atoms with Crippen molar-refractivity contribution in [3.63, 3.8) is 0 Å². The Balaban J connectivity index is 1.36. The molecule has 2 amide bonds. The number of H-pyrrole nitrogens is 1. The molecule has 0 fully saturated rings. The minimum atomic E-state index is -0.488. The van der Waals surface area contributed by atoms with Crippen molar-refractivity contribution in [2.45, 2.75) is 25.9 Å². The predicted molar refractivity (Wildman–Crippen MR) is 101 cm³/mol. The maximum absolute atomic E-state index is 12.5. The molecule has 26 heavy (non-hydrogen) atoms. The van der Waals surface area contributed by atoms with Gasteiger partial charge in [0.1, 0.15) is 6.04 Å². The second-order valence-electron chi connectivity index (χ2n) is 6.67. The molecule has 1 atom stereocenters. The van der Waals surface area contributed by atoms with Crippen LogP contribution in [0.5, 0.6) is 0 Å². The lowest BCUT2D eigenvalue weighted by molar-refractivity contribution is -0.125. The molecule has 0 saturated heterocycles. The Hall–Kier alpha value is -3.08. The van der Waals surface area contributed by atoms with Gasteiger partial charge >= 0.3 is 0 Å². The zero-order valence-electron chi connectivity index (χ0n) is 14.7.